The highest BCUT2D eigenvalue weighted by molar-refractivity contribution is 9.10. The molecule has 22 heavy (non-hydrogen) atoms. The summed E-state index contributed by atoms with van der Waals surface area (Å²) in [5.41, 5.74) is -1.31. The van der Waals surface area contributed by atoms with Gasteiger partial charge in [0.05, 0.1) is 0 Å². The van der Waals surface area contributed by atoms with E-state index in [1.54, 1.807) is 54.6 Å². The maximum atomic E-state index is 13.4. The monoisotopic (exact) mass is 366 g/mol. The van der Waals surface area contributed by atoms with Gasteiger partial charge in [-0.3, -0.25) is 0 Å². The van der Waals surface area contributed by atoms with Crippen LogP contribution in [-0.4, -0.2) is 11.8 Å². The molecule has 0 atom stereocenters. The number of hydrogen-bond acceptors (Lipinski definition) is 2. The molecule has 0 aliphatic carbocycles. The van der Waals surface area contributed by atoms with E-state index in [-0.39, 0.29) is 5.57 Å². The van der Waals surface area contributed by atoms with Crippen molar-refractivity contribution in [2.24, 2.45) is 10.2 Å². The van der Waals surface area contributed by atoms with Crippen LogP contribution in [0.3, 0.4) is 0 Å². The second kappa shape index (κ2) is 5.35. The van der Waals surface area contributed by atoms with Gasteiger partial charge in [-0.15, -0.1) is 10.2 Å². The van der Waals surface area contributed by atoms with Gasteiger partial charge in [0.15, 0.2) is 0 Å². The molecule has 0 N–H and O–H groups in total. The summed E-state index contributed by atoms with van der Waals surface area (Å²) in [5, 5.41) is 6.64. The van der Waals surface area contributed by atoms with Crippen LogP contribution in [0.15, 0.2) is 69.3 Å². The highest BCUT2D eigenvalue weighted by Crippen LogP contribution is 2.53. The SMILES string of the molecule is FC(F)(F)C1(C(=Cc2ccc(Br)cc2)c2ccccc2)N=N1. The molecule has 0 radical (unpaired) electrons. The van der Waals surface area contributed by atoms with Crippen LogP contribution in [0.2, 0.25) is 0 Å². The van der Waals surface area contributed by atoms with E-state index in [4.69, 9.17) is 0 Å². The van der Waals surface area contributed by atoms with E-state index >= 15 is 0 Å². The number of halogens is 4. The quantitative estimate of drug-likeness (QED) is 0.621. The Morgan fingerprint density at radius 3 is 2.05 bits per heavy atom. The van der Waals surface area contributed by atoms with Gasteiger partial charge in [0.25, 0.3) is 0 Å². The Labute approximate surface area is 133 Å². The first-order valence-electron chi connectivity index (χ1n) is 6.46. The molecule has 0 bridgehead atoms. The van der Waals surface area contributed by atoms with Crippen molar-refractivity contribution in [2.45, 2.75) is 11.8 Å². The van der Waals surface area contributed by atoms with Crippen molar-refractivity contribution in [1.82, 2.24) is 0 Å². The Morgan fingerprint density at radius 2 is 1.55 bits per heavy atom. The fourth-order valence-electron chi connectivity index (χ4n) is 2.15. The van der Waals surface area contributed by atoms with Gasteiger partial charge < -0.3 is 0 Å². The molecule has 2 nitrogen and oxygen atoms in total. The average molecular weight is 367 g/mol. The van der Waals surface area contributed by atoms with E-state index in [1.165, 1.54) is 6.08 Å². The van der Waals surface area contributed by atoms with Crippen molar-refractivity contribution in [2.75, 3.05) is 0 Å². The molecule has 6 heteroatoms. The van der Waals surface area contributed by atoms with E-state index in [0.29, 0.717) is 11.1 Å². The fraction of sp³-hybridized carbons (Fsp3) is 0.125. The second-order valence-corrected chi connectivity index (χ2v) is 5.76. The number of hydrogen-bond donors (Lipinski definition) is 0. The summed E-state index contributed by atoms with van der Waals surface area (Å²) in [6.07, 6.45) is -3.07. The van der Waals surface area contributed by atoms with E-state index in [9.17, 15) is 13.2 Å². The molecule has 2 aromatic carbocycles. The molecule has 0 unspecified atom stereocenters. The average Bonchev–Trinajstić information content (AvgIpc) is 3.29. The summed E-state index contributed by atoms with van der Waals surface area (Å²) in [5.74, 6) is 0. The number of nitrogens with zero attached hydrogens (tertiary/aromatic N) is 2. The summed E-state index contributed by atoms with van der Waals surface area (Å²) in [6.45, 7) is 0. The van der Waals surface area contributed by atoms with Gasteiger partial charge in [-0.2, -0.15) is 13.2 Å². The zero-order valence-corrected chi connectivity index (χ0v) is 12.8. The van der Waals surface area contributed by atoms with Crippen LogP contribution < -0.4 is 0 Å². The summed E-state index contributed by atoms with van der Waals surface area (Å²) in [7, 11) is 0. The van der Waals surface area contributed by atoms with Crippen LogP contribution in [0.1, 0.15) is 11.1 Å². The fourth-order valence-corrected chi connectivity index (χ4v) is 2.42. The van der Waals surface area contributed by atoms with E-state index in [1.807, 2.05) is 0 Å². The Balaban J connectivity index is 2.11. The van der Waals surface area contributed by atoms with E-state index in [2.05, 4.69) is 26.2 Å². The Kier molecular flexibility index (Phi) is 3.64. The predicted molar refractivity (Wildman–Crippen MR) is 82.1 cm³/mol. The van der Waals surface area contributed by atoms with Gasteiger partial charge in [-0.1, -0.05) is 58.4 Å². The third-order valence-corrected chi connectivity index (χ3v) is 3.87. The normalized spacial score (nSPS) is 16.6. The van der Waals surface area contributed by atoms with Crippen LogP contribution in [-0.2, 0) is 0 Å². The van der Waals surface area contributed by atoms with Gasteiger partial charge in [-0.25, -0.2) is 0 Å². The molecule has 1 heterocycles. The standard InChI is InChI=1S/C16H10BrF3N2/c17-13-8-6-11(7-9-13)10-14(12-4-2-1-3-5-12)15(21-22-15)16(18,19)20/h1-10H. The van der Waals surface area contributed by atoms with Crippen LogP contribution in [0.25, 0.3) is 11.6 Å². The van der Waals surface area contributed by atoms with Crippen molar-refractivity contribution >= 4 is 27.6 Å². The molecule has 3 rings (SSSR count). The van der Waals surface area contributed by atoms with Gasteiger partial charge in [0.2, 0.25) is 0 Å². The Bertz CT molecular complexity index is 728. The summed E-state index contributed by atoms with van der Waals surface area (Å²) in [4.78, 5) is 0. The zero-order chi connectivity index (χ0) is 15.8. The summed E-state index contributed by atoms with van der Waals surface area (Å²) in [6, 6.07) is 15.4. The van der Waals surface area contributed by atoms with Crippen molar-refractivity contribution in [1.29, 1.82) is 0 Å². The molecule has 1 aliphatic rings. The minimum Gasteiger partial charge on any atom is -0.166 e. The molecular formula is C16H10BrF3N2. The van der Waals surface area contributed by atoms with Crippen LogP contribution in [0, 0.1) is 0 Å². The van der Waals surface area contributed by atoms with Gasteiger partial charge in [-0.05, 0) is 29.3 Å². The second-order valence-electron chi connectivity index (χ2n) is 4.85. The smallest absolute Gasteiger partial charge is 0.166 e. The molecular weight excluding hydrogens is 357 g/mol. The summed E-state index contributed by atoms with van der Waals surface area (Å²) < 4.78 is 40.9. The molecule has 0 aromatic heterocycles. The molecule has 112 valence electrons. The predicted octanol–water partition coefficient (Wildman–Crippen LogP) is 5.71. The molecule has 0 saturated carbocycles. The third-order valence-electron chi connectivity index (χ3n) is 3.34. The van der Waals surface area contributed by atoms with Crippen molar-refractivity contribution in [3.8, 4) is 0 Å². The van der Waals surface area contributed by atoms with E-state index < -0.39 is 11.8 Å². The van der Waals surface area contributed by atoms with Gasteiger partial charge >= 0.3 is 11.8 Å². The first kappa shape index (κ1) is 15.0. The Hall–Kier alpha value is -1.95. The lowest BCUT2D eigenvalue weighted by Gasteiger charge is -2.18. The third kappa shape index (κ3) is 2.70. The first-order valence-corrected chi connectivity index (χ1v) is 7.26. The lowest BCUT2D eigenvalue weighted by Crippen LogP contribution is -2.33. The number of rotatable bonds is 3. The lowest BCUT2D eigenvalue weighted by atomic mass is 9.93. The highest BCUT2D eigenvalue weighted by atomic mass is 79.9. The number of benzene rings is 2. The zero-order valence-electron chi connectivity index (χ0n) is 11.2. The lowest BCUT2D eigenvalue weighted by molar-refractivity contribution is -0.148. The summed E-state index contributed by atoms with van der Waals surface area (Å²) >= 11 is 3.30. The molecule has 0 spiro atoms. The molecule has 0 saturated heterocycles. The first-order chi connectivity index (χ1) is 10.4. The van der Waals surface area contributed by atoms with Crippen molar-refractivity contribution in [3.63, 3.8) is 0 Å². The van der Waals surface area contributed by atoms with Crippen LogP contribution in [0.5, 0.6) is 0 Å². The van der Waals surface area contributed by atoms with Crippen LogP contribution >= 0.6 is 15.9 Å². The Morgan fingerprint density at radius 1 is 0.955 bits per heavy atom. The van der Waals surface area contributed by atoms with Gasteiger partial charge in [0.1, 0.15) is 0 Å². The van der Waals surface area contributed by atoms with Gasteiger partial charge in [0, 0.05) is 10.0 Å². The minimum atomic E-state index is -4.55. The molecule has 1 aliphatic heterocycles. The molecule has 0 fully saturated rings. The topological polar surface area (TPSA) is 24.7 Å². The maximum absolute atomic E-state index is 13.4. The van der Waals surface area contributed by atoms with E-state index in [0.717, 1.165) is 4.47 Å². The largest absolute Gasteiger partial charge is 0.442 e. The number of alkyl halides is 3. The minimum absolute atomic E-state index is 0.0305. The van der Waals surface area contributed by atoms with Crippen molar-refractivity contribution < 1.29 is 13.2 Å². The van der Waals surface area contributed by atoms with Crippen molar-refractivity contribution in [3.05, 3.63) is 70.2 Å². The molecule has 2 aromatic rings. The highest BCUT2D eigenvalue weighted by Gasteiger charge is 2.66. The molecule has 0 amide bonds. The van der Waals surface area contributed by atoms with Crippen LogP contribution in [0.4, 0.5) is 13.2 Å². The maximum Gasteiger partial charge on any atom is 0.442 e.